The lowest BCUT2D eigenvalue weighted by molar-refractivity contribution is -0.122. The van der Waals surface area contributed by atoms with Crippen LogP contribution in [-0.4, -0.2) is 49.5 Å². The first-order valence-corrected chi connectivity index (χ1v) is 9.04. The zero-order valence-electron chi connectivity index (χ0n) is 15.7. The van der Waals surface area contributed by atoms with Gasteiger partial charge in [-0.3, -0.25) is 9.79 Å². The zero-order valence-corrected chi connectivity index (χ0v) is 15.7. The average Bonchev–Trinajstić information content (AvgIpc) is 2.93. The van der Waals surface area contributed by atoms with Crippen LogP contribution in [0, 0.1) is 5.92 Å². The zero-order chi connectivity index (χ0) is 17.3. The molecule has 0 radical (unpaired) electrons. The average molecular weight is 325 g/mol. The first kappa shape index (κ1) is 19.8. The van der Waals surface area contributed by atoms with Crippen LogP contribution in [0.25, 0.3) is 0 Å². The number of aliphatic imine (C=N–C) groups is 1. The van der Waals surface area contributed by atoms with Gasteiger partial charge in [0.05, 0.1) is 6.54 Å². The van der Waals surface area contributed by atoms with Gasteiger partial charge in [-0.25, -0.2) is 0 Å². The highest BCUT2D eigenvalue weighted by atomic mass is 16.2. The number of hydrogen-bond acceptors (Lipinski definition) is 2. The van der Waals surface area contributed by atoms with Gasteiger partial charge in [0.1, 0.15) is 0 Å². The minimum Gasteiger partial charge on any atom is -0.356 e. The Morgan fingerprint density at radius 1 is 1.22 bits per heavy atom. The fraction of sp³-hybridized carbons (Fsp3) is 0.889. The van der Waals surface area contributed by atoms with E-state index in [1.165, 1.54) is 38.5 Å². The molecule has 1 saturated carbocycles. The number of rotatable bonds is 7. The Kier molecular flexibility index (Phi) is 8.42. The third-order valence-electron chi connectivity index (χ3n) is 4.27. The standard InChI is InChI=1S/C18H36N4O/c1-18(2,3)21-16(23)14-22(5)17(19-4)20-13-9-8-12-15-10-6-7-11-15/h15H,6-14H2,1-5H3,(H,19,20)(H,21,23). The summed E-state index contributed by atoms with van der Waals surface area (Å²) in [6, 6.07) is 0. The lowest BCUT2D eigenvalue weighted by atomic mass is 10.0. The van der Waals surface area contributed by atoms with Crippen LogP contribution in [0.4, 0.5) is 0 Å². The van der Waals surface area contributed by atoms with Crippen molar-refractivity contribution in [2.24, 2.45) is 10.9 Å². The van der Waals surface area contributed by atoms with Crippen molar-refractivity contribution in [3.63, 3.8) is 0 Å². The van der Waals surface area contributed by atoms with Crippen LogP contribution >= 0.6 is 0 Å². The Labute approximate surface area is 142 Å². The van der Waals surface area contributed by atoms with Gasteiger partial charge >= 0.3 is 0 Å². The smallest absolute Gasteiger partial charge is 0.240 e. The summed E-state index contributed by atoms with van der Waals surface area (Å²) < 4.78 is 0. The largest absolute Gasteiger partial charge is 0.356 e. The summed E-state index contributed by atoms with van der Waals surface area (Å²) in [5.74, 6) is 1.78. The molecule has 5 heteroatoms. The van der Waals surface area contributed by atoms with Gasteiger partial charge in [0.2, 0.25) is 5.91 Å². The van der Waals surface area contributed by atoms with Gasteiger partial charge in [-0.05, 0) is 33.1 Å². The minimum absolute atomic E-state index is 0.0178. The first-order valence-electron chi connectivity index (χ1n) is 9.04. The van der Waals surface area contributed by atoms with Crippen LogP contribution in [0.2, 0.25) is 0 Å². The molecule has 0 heterocycles. The van der Waals surface area contributed by atoms with E-state index >= 15 is 0 Å². The van der Waals surface area contributed by atoms with Gasteiger partial charge in [-0.15, -0.1) is 0 Å². The molecule has 134 valence electrons. The molecule has 2 N–H and O–H groups in total. The molecule has 0 aromatic heterocycles. The summed E-state index contributed by atoms with van der Waals surface area (Å²) in [4.78, 5) is 18.1. The van der Waals surface area contributed by atoms with E-state index in [-0.39, 0.29) is 11.4 Å². The quantitative estimate of drug-likeness (QED) is 0.430. The van der Waals surface area contributed by atoms with Crippen molar-refractivity contribution in [1.29, 1.82) is 0 Å². The summed E-state index contributed by atoms with van der Waals surface area (Å²) in [7, 11) is 3.66. The molecular weight excluding hydrogens is 288 g/mol. The molecule has 0 atom stereocenters. The molecule has 0 bridgehead atoms. The minimum atomic E-state index is -0.199. The van der Waals surface area contributed by atoms with E-state index in [9.17, 15) is 4.79 Å². The number of carbonyl (C=O) groups is 1. The maximum Gasteiger partial charge on any atom is 0.240 e. The van der Waals surface area contributed by atoms with Crippen LogP contribution in [0.15, 0.2) is 4.99 Å². The van der Waals surface area contributed by atoms with Crippen molar-refractivity contribution in [2.45, 2.75) is 71.3 Å². The molecule has 1 aliphatic rings. The molecular formula is C18H36N4O. The predicted molar refractivity (Wildman–Crippen MR) is 97.7 cm³/mol. The van der Waals surface area contributed by atoms with Crippen LogP contribution in [0.5, 0.6) is 0 Å². The number of carbonyl (C=O) groups excluding carboxylic acids is 1. The molecule has 0 saturated heterocycles. The second-order valence-electron chi connectivity index (χ2n) is 7.77. The molecule has 1 amide bonds. The first-order chi connectivity index (χ1) is 10.8. The lowest BCUT2D eigenvalue weighted by Gasteiger charge is -2.25. The van der Waals surface area contributed by atoms with Gasteiger partial charge in [0.15, 0.2) is 5.96 Å². The Morgan fingerprint density at radius 3 is 2.43 bits per heavy atom. The van der Waals surface area contributed by atoms with Crippen LogP contribution < -0.4 is 10.6 Å². The van der Waals surface area contributed by atoms with E-state index in [2.05, 4.69) is 15.6 Å². The number of likely N-dealkylation sites (N-methyl/N-ethyl adjacent to an activating group) is 1. The van der Waals surface area contributed by atoms with Gasteiger partial charge in [-0.2, -0.15) is 0 Å². The normalized spacial score (nSPS) is 16.5. The number of nitrogens with one attached hydrogen (secondary N) is 2. The maximum atomic E-state index is 12.0. The fourth-order valence-corrected chi connectivity index (χ4v) is 3.19. The Bertz CT molecular complexity index is 381. The van der Waals surface area contributed by atoms with E-state index in [1.807, 2.05) is 32.7 Å². The third kappa shape index (κ3) is 8.82. The van der Waals surface area contributed by atoms with E-state index < -0.39 is 0 Å². The number of guanidine groups is 1. The van der Waals surface area contributed by atoms with E-state index in [1.54, 1.807) is 7.05 Å². The third-order valence-corrected chi connectivity index (χ3v) is 4.27. The highest BCUT2D eigenvalue weighted by Crippen LogP contribution is 2.28. The van der Waals surface area contributed by atoms with Crippen LogP contribution in [0.1, 0.15) is 65.7 Å². The monoisotopic (exact) mass is 324 g/mol. The summed E-state index contributed by atoms with van der Waals surface area (Å²) in [6.45, 7) is 7.20. The summed E-state index contributed by atoms with van der Waals surface area (Å²) in [6.07, 6.45) is 9.53. The Morgan fingerprint density at radius 2 is 1.87 bits per heavy atom. The van der Waals surface area contributed by atoms with Gasteiger partial charge in [0.25, 0.3) is 0 Å². The molecule has 0 spiro atoms. The second kappa shape index (κ2) is 9.78. The second-order valence-corrected chi connectivity index (χ2v) is 7.77. The molecule has 0 unspecified atom stereocenters. The van der Waals surface area contributed by atoms with Gasteiger partial charge in [0, 0.05) is 26.2 Å². The van der Waals surface area contributed by atoms with E-state index in [0.717, 1.165) is 24.8 Å². The van der Waals surface area contributed by atoms with Crippen LogP contribution in [0.3, 0.4) is 0 Å². The summed E-state index contributed by atoms with van der Waals surface area (Å²) >= 11 is 0. The molecule has 0 aromatic carbocycles. The highest BCUT2D eigenvalue weighted by molar-refractivity contribution is 5.86. The van der Waals surface area contributed by atoms with Crippen molar-refractivity contribution in [1.82, 2.24) is 15.5 Å². The van der Waals surface area contributed by atoms with Crippen molar-refractivity contribution in [3.8, 4) is 0 Å². The lowest BCUT2D eigenvalue weighted by Crippen LogP contribution is -2.48. The summed E-state index contributed by atoms with van der Waals surface area (Å²) in [5.41, 5.74) is -0.199. The fourth-order valence-electron chi connectivity index (χ4n) is 3.19. The number of unbranched alkanes of at least 4 members (excludes halogenated alkanes) is 1. The molecule has 0 aromatic rings. The Hall–Kier alpha value is -1.26. The van der Waals surface area contributed by atoms with Crippen molar-refractivity contribution in [2.75, 3.05) is 27.2 Å². The predicted octanol–water partition coefficient (Wildman–Crippen LogP) is 2.77. The molecule has 1 rings (SSSR count). The van der Waals surface area contributed by atoms with Crippen LogP contribution in [-0.2, 0) is 4.79 Å². The molecule has 0 aliphatic heterocycles. The van der Waals surface area contributed by atoms with E-state index in [4.69, 9.17) is 0 Å². The Balaban J connectivity index is 2.20. The molecule has 1 fully saturated rings. The number of amides is 1. The number of hydrogen-bond donors (Lipinski definition) is 2. The number of nitrogens with zero attached hydrogens (tertiary/aromatic N) is 2. The van der Waals surface area contributed by atoms with E-state index in [0.29, 0.717) is 6.54 Å². The van der Waals surface area contributed by atoms with Crippen molar-refractivity contribution in [3.05, 3.63) is 0 Å². The van der Waals surface area contributed by atoms with Gasteiger partial charge < -0.3 is 15.5 Å². The molecule has 1 aliphatic carbocycles. The highest BCUT2D eigenvalue weighted by Gasteiger charge is 2.17. The van der Waals surface area contributed by atoms with Gasteiger partial charge in [-0.1, -0.05) is 38.5 Å². The SMILES string of the molecule is CN=C(NCCCCC1CCCC1)N(C)CC(=O)NC(C)(C)C. The van der Waals surface area contributed by atoms with Crippen molar-refractivity contribution >= 4 is 11.9 Å². The maximum absolute atomic E-state index is 12.0. The van der Waals surface area contributed by atoms with Crippen molar-refractivity contribution < 1.29 is 4.79 Å². The molecule has 5 nitrogen and oxygen atoms in total. The topological polar surface area (TPSA) is 56.7 Å². The summed E-state index contributed by atoms with van der Waals surface area (Å²) in [5, 5.41) is 6.33. The molecule has 23 heavy (non-hydrogen) atoms.